The van der Waals surface area contributed by atoms with Gasteiger partial charge >= 0.3 is 0 Å². The highest BCUT2D eigenvalue weighted by atomic mass is 35.5. The fourth-order valence-corrected chi connectivity index (χ4v) is 7.81. The van der Waals surface area contributed by atoms with Gasteiger partial charge < -0.3 is 15.0 Å². The van der Waals surface area contributed by atoms with Crippen molar-refractivity contribution in [2.75, 3.05) is 17.5 Å². The molecule has 258 valence electrons. The van der Waals surface area contributed by atoms with Gasteiger partial charge in [0.2, 0.25) is 11.8 Å². The molecule has 8 nitrogen and oxygen atoms in total. The predicted octanol–water partition coefficient (Wildman–Crippen LogP) is 7.33. The highest BCUT2D eigenvalue weighted by Gasteiger charge is 2.36. The van der Waals surface area contributed by atoms with Crippen LogP contribution in [0.3, 0.4) is 0 Å². The van der Waals surface area contributed by atoms with Crippen molar-refractivity contribution in [1.29, 1.82) is 0 Å². The van der Waals surface area contributed by atoms with Gasteiger partial charge in [0.25, 0.3) is 10.0 Å². The average molecular weight is 702 g/mol. The summed E-state index contributed by atoms with van der Waals surface area (Å²) in [6, 6.07) is 29.0. The molecule has 1 fully saturated rings. The Morgan fingerprint density at radius 1 is 0.878 bits per heavy atom. The summed E-state index contributed by atoms with van der Waals surface area (Å²) in [4.78, 5) is 30.7. The number of nitrogens with one attached hydrogen (secondary N) is 1. The minimum Gasteiger partial charge on any atom is -0.492 e. The number of benzene rings is 4. The molecule has 0 spiro atoms. The van der Waals surface area contributed by atoms with Crippen molar-refractivity contribution in [1.82, 2.24) is 10.2 Å². The number of halogens is 1. The molecule has 2 amide bonds. The fourth-order valence-electron chi connectivity index (χ4n) is 6.26. The van der Waals surface area contributed by atoms with Gasteiger partial charge in [-0.1, -0.05) is 97.6 Å². The minimum absolute atomic E-state index is 0.0230. The Labute approximate surface area is 295 Å². The number of aryl methyl sites for hydroxylation is 1. The first kappa shape index (κ1) is 36.0. The number of nitrogens with zero attached hydrogens (tertiary/aromatic N) is 2. The molecule has 0 aromatic heterocycles. The quantitative estimate of drug-likeness (QED) is 0.149. The van der Waals surface area contributed by atoms with E-state index in [4.69, 9.17) is 16.3 Å². The highest BCUT2D eigenvalue weighted by molar-refractivity contribution is 7.92. The van der Waals surface area contributed by atoms with Crippen LogP contribution in [0.4, 0.5) is 5.69 Å². The van der Waals surface area contributed by atoms with Crippen molar-refractivity contribution < 1.29 is 22.7 Å². The summed E-state index contributed by atoms with van der Waals surface area (Å²) >= 11 is 6.11. The molecule has 10 heteroatoms. The van der Waals surface area contributed by atoms with Crippen LogP contribution in [-0.2, 0) is 32.6 Å². The van der Waals surface area contributed by atoms with E-state index in [-0.39, 0.29) is 35.5 Å². The van der Waals surface area contributed by atoms with Crippen molar-refractivity contribution in [3.63, 3.8) is 0 Å². The minimum atomic E-state index is -4.30. The van der Waals surface area contributed by atoms with E-state index in [1.807, 2.05) is 68.4 Å². The molecule has 0 saturated heterocycles. The number of amides is 2. The number of sulfonamides is 1. The van der Waals surface area contributed by atoms with Gasteiger partial charge in [0.05, 0.1) is 17.2 Å². The van der Waals surface area contributed by atoms with E-state index in [0.29, 0.717) is 17.4 Å². The second-order valence-electron chi connectivity index (χ2n) is 12.4. The number of para-hydroxylation sites is 2. The van der Waals surface area contributed by atoms with Crippen molar-refractivity contribution in [3.05, 3.63) is 125 Å². The Balaban J connectivity index is 1.60. The lowest BCUT2D eigenvalue weighted by atomic mass is 9.94. The van der Waals surface area contributed by atoms with E-state index >= 15 is 0 Å². The Bertz CT molecular complexity index is 1810. The van der Waals surface area contributed by atoms with E-state index in [1.54, 1.807) is 29.2 Å². The van der Waals surface area contributed by atoms with Gasteiger partial charge in [-0.15, -0.1) is 0 Å². The van der Waals surface area contributed by atoms with E-state index in [0.717, 1.165) is 53.1 Å². The van der Waals surface area contributed by atoms with E-state index in [1.165, 1.54) is 24.3 Å². The first-order chi connectivity index (χ1) is 23.7. The Kier molecular flexibility index (Phi) is 12.4. The van der Waals surface area contributed by atoms with Crippen LogP contribution in [0.1, 0.15) is 55.7 Å². The lowest BCUT2D eigenvalue weighted by molar-refractivity contribution is -0.140. The topological polar surface area (TPSA) is 96.0 Å². The zero-order valence-electron chi connectivity index (χ0n) is 28.1. The Hall–Kier alpha value is -4.34. The monoisotopic (exact) mass is 701 g/mol. The van der Waals surface area contributed by atoms with Gasteiger partial charge in [0, 0.05) is 24.0 Å². The second-order valence-corrected chi connectivity index (χ2v) is 14.7. The maximum atomic E-state index is 14.9. The summed E-state index contributed by atoms with van der Waals surface area (Å²) < 4.78 is 35.7. The molecular weight excluding hydrogens is 658 g/mol. The molecule has 49 heavy (non-hydrogen) atoms. The smallest absolute Gasteiger partial charge is 0.264 e. The van der Waals surface area contributed by atoms with E-state index < -0.39 is 28.5 Å². The maximum Gasteiger partial charge on any atom is 0.264 e. The van der Waals surface area contributed by atoms with Crippen LogP contribution in [-0.4, -0.2) is 50.4 Å². The van der Waals surface area contributed by atoms with Crippen molar-refractivity contribution >= 4 is 39.1 Å². The number of anilines is 1. The predicted molar refractivity (Wildman–Crippen MR) is 194 cm³/mol. The molecule has 0 heterocycles. The first-order valence-electron chi connectivity index (χ1n) is 16.9. The molecule has 1 aliphatic carbocycles. The highest BCUT2D eigenvalue weighted by Crippen LogP contribution is 2.33. The van der Waals surface area contributed by atoms with E-state index in [2.05, 4.69) is 5.32 Å². The number of hydrogen-bond donors (Lipinski definition) is 1. The summed E-state index contributed by atoms with van der Waals surface area (Å²) in [7, 11) is -4.30. The normalized spacial score (nSPS) is 14.1. The number of hydrogen-bond acceptors (Lipinski definition) is 5. The van der Waals surface area contributed by atoms with Crippen LogP contribution in [0, 0.1) is 6.92 Å². The third-order valence-electron chi connectivity index (χ3n) is 8.94. The summed E-state index contributed by atoms with van der Waals surface area (Å²) in [5, 5.41) is 3.63. The van der Waals surface area contributed by atoms with Crippen molar-refractivity contribution in [2.24, 2.45) is 0 Å². The van der Waals surface area contributed by atoms with Crippen molar-refractivity contribution in [2.45, 2.75) is 75.9 Å². The van der Waals surface area contributed by atoms with Gasteiger partial charge in [0.15, 0.2) is 0 Å². The molecule has 5 rings (SSSR count). The summed E-state index contributed by atoms with van der Waals surface area (Å²) in [5.41, 5.74) is 2.93. The van der Waals surface area contributed by atoms with Gasteiger partial charge in [-0.2, -0.15) is 0 Å². The molecule has 1 saturated carbocycles. The first-order valence-corrected chi connectivity index (χ1v) is 18.7. The average Bonchev–Trinajstić information content (AvgIpc) is 3.11. The van der Waals surface area contributed by atoms with Crippen LogP contribution in [0.15, 0.2) is 108 Å². The molecular formula is C39H44ClN3O5S. The zero-order valence-corrected chi connectivity index (χ0v) is 29.6. The fraction of sp³-hybridized carbons (Fsp3) is 0.333. The van der Waals surface area contributed by atoms with Crippen LogP contribution in [0.5, 0.6) is 5.75 Å². The molecule has 1 N–H and O–H groups in total. The van der Waals surface area contributed by atoms with Gasteiger partial charge in [-0.25, -0.2) is 8.42 Å². The van der Waals surface area contributed by atoms with Crippen LogP contribution in [0.2, 0.25) is 5.02 Å². The molecule has 0 radical (unpaired) electrons. The molecule has 4 aromatic rings. The molecule has 0 unspecified atom stereocenters. The second kappa shape index (κ2) is 16.9. The molecule has 1 atom stereocenters. The van der Waals surface area contributed by atoms with Crippen molar-refractivity contribution in [3.8, 4) is 5.75 Å². The lowest BCUT2D eigenvalue weighted by Crippen LogP contribution is -2.55. The Morgan fingerprint density at radius 2 is 1.53 bits per heavy atom. The summed E-state index contributed by atoms with van der Waals surface area (Å²) in [6.45, 7) is 3.61. The zero-order chi connectivity index (χ0) is 34.8. The SMILES string of the molecule is CCOc1ccccc1N(CC(=O)N(Cc1ccccc1C)[C@H](Cc1ccccc1)C(=O)NC1CCCCC1)S(=O)(=O)c1ccc(Cl)cc1. The van der Waals surface area contributed by atoms with Crippen LogP contribution < -0.4 is 14.4 Å². The molecule has 4 aromatic carbocycles. The molecule has 1 aliphatic rings. The third kappa shape index (κ3) is 9.22. The summed E-state index contributed by atoms with van der Waals surface area (Å²) in [5.74, 6) is -0.456. The van der Waals surface area contributed by atoms with Crippen LogP contribution >= 0.6 is 11.6 Å². The molecule has 0 bridgehead atoms. The van der Waals surface area contributed by atoms with Gasteiger partial charge in [0.1, 0.15) is 18.3 Å². The Morgan fingerprint density at radius 3 is 2.22 bits per heavy atom. The number of carbonyl (C=O) groups is 2. The number of rotatable bonds is 14. The van der Waals surface area contributed by atoms with Crippen LogP contribution in [0.25, 0.3) is 0 Å². The van der Waals surface area contributed by atoms with Gasteiger partial charge in [-0.05, 0) is 79.8 Å². The lowest BCUT2D eigenvalue weighted by Gasteiger charge is -2.35. The number of ether oxygens (including phenoxy) is 1. The maximum absolute atomic E-state index is 14.9. The third-order valence-corrected chi connectivity index (χ3v) is 11.0. The largest absolute Gasteiger partial charge is 0.492 e. The van der Waals surface area contributed by atoms with E-state index in [9.17, 15) is 18.0 Å². The number of carbonyl (C=O) groups excluding carboxylic acids is 2. The standard InChI is InChI=1S/C39H44ClN3O5S/c1-3-48-37-21-13-12-20-35(37)43(49(46,47)34-24-22-32(40)23-25-34)28-38(44)42(27-31-17-11-10-14-29(31)2)36(26-30-15-6-4-7-16-30)39(45)41-33-18-8-5-9-19-33/h4,6-7,10-17,20-25,33,36H,3,5,8-9,18-19,26-28H2,1-2H3,(H,41,45)/t36-/m1/s1. The molecule has 0 aliphatic heterocycles. The summed E-state index contributed by atoms with van der Waals surface area (Å²) in [6.07, 6.45) is 5.25. The van der Waals surface area contributed by atoms with Gasteiger partial charge in [-0.3, -0.25) is 13.9 Å².